The third kappa shape index (κ3) is 3.84. The van der Waals surface area contributed by atoms with E-state index < -0.39 is 0 Å². The van der Waals surface area contributed by atoms with Gasteiger partial charge in [-0.1, -0.05) is 84.9 Å². The van der Waals surface area contributed by atoms with Crippen molar-refractivity contribution in [3.8, 4) is 11.1 Å². The Bertz CT molecular complexity index is 1470. The number of pyridine rings is 2. The second-order valence-corrected chi connectivity index (χ2v) is 8.72. The highest BCUT2D eigenvalue weighted by atomic mass is 14.9. The molecule has 0 radical (unpaired) electrons. The van der Waals surface area contributed by atoms with Crippen LogP contribution in [0.5, 0.6) is 0 Å². The number of benzene rings is 4. The highest BCUT2D eigenvalue weighted by Crippen LogP contribution is 2.32. The molecule has 0 atom stereocenters. The first-order valence-electron chi connectivity index (χ1n) is 11.8. The van der Waals surface area contributed by atoms with Crippen LogP contribution in [0.25, 0.3) is 32.9 Å². The molecule has 0 unspecified atom stereocenters. The molecule has 2 aromatic heterocycles. The van der Waals surface area contributed by atoms with Crippen LogP contribution >= 0.6 is 0 Å². The minimum Gasteiger partial charge on any atom is -0.194 e. The molecule has 2 heteroatoms. The van der Waals surface area contributed by atoms with Gasteiger partial charge in [0.05, 0.1) is 10.8 Å². The molecule has 6 aromatic rings. The van der Waals surface area contributed by atoms with Gasteiger partial charge in [-0.3, -0.25) is 0 Å². The summed E-state index contributed by atoms with van der Waals surface area (Å²) in [7, 11) is 0. The number of aromatic nitrogens is 2. The van der Waals surface area contributed by atoms with E-state index in [0.717, 1.165) is 13.1 Å². The molecule has 162 valence electrons. The van der Waals surface area contributed by atoms with E-state index in [0.29, 0.717) is 0 Å². The van der Waals surface area contributed by atoms with Crippen LogP contribution in [0.3, 0.4) is 0 Å². The van der Waals surface area contributed by atoms with Crippen LogP contribution in [-0.2, 0) is 13.1 Å². The summed E-state index contributed by atoms with van der Waals surface area (Å²) in [5.41, 5.74) is 7.63. The van der Waals surface area contributed by atoms with Crippen molar-refractivity contribution in [3.63, 3.8) is 0 Å². The lowest BCUT2D eigenvalue weighted by molar-refractivity contribution is -0.662. The minimum absolute atomic E-state index is 0.855. The van der Waals surface area contributed by atoms with Crippen LogP contribution in [0.4, 0.5) is 0 Å². The van der Waals surface area contributed by atoms with Crippen molar-refractivity contribution >= 4 is 21.8 Å². The fourth-order valence-electron chi connectivity index (χ4n) is 4.91. The number of fused-ring (bicyclic) bond motifs is 2. The van der Waals surface area contributed by atoms with Gasteiger partial charge < -0.3 is 0 Å². The zero-order valence-corrected chi connectivity index (χ0v) is 19.0. The van der Waals surface area contributed by atoms with Crippen LogP contribution in [0, 0.1) is 0 Å². The molecule has 0 aliphatic heterocycles. The van der Waals surface area contributed by atoms with Crippen LogP contribution in [0.2, 0.25) is 0 Å². The number of hydrogen-bond donors (Lipinski definition) is 0. The van der Waals surface area contributed by atoms with E-state index in [-0.39, 0.29) is 0 Å². The van der Waals surface area contributed by atoms with E-state index in [1.807, 2.05) is 0 Å². The lowest BCUT2D eigenvalue weighted by atomic mass is 9.96. The zero-order chi connectivity index (χ0) is 22.7. The Hall–Kier alpha value is -4.30. The van der Waals surface area contributed by atoms with Gasteiger partial charge >= 0.3 is 0 Å². The molecular weight excluding hydrogens is 412 g/mol. The normalized spacial score (nSPS) is 11.2. The van der Waals surface area contributed by atoms with Crippen LogP contribution < -0.4 is 9.13 Å². The van der Waals surface area contributed by atoms with E-state index in [2.05, 4.69) is 143 Å². The summed E-state index contributed by atoms with van der Waals surface area (Å²) in [6.45, 7) is 1.71. The van der Waals surface area contributed by atoms with Crippen LogP contribution in [0.1, 0.15) is 11.1 Å². The van der Waals surface area contributed by atoms with Gasteiger partial charge in [0.25, 0.3) is 0 Å². The average molecular weight is 439 g/mol. The van der Waals surface area contributed by atoms with Crippen molar-refractivity contribution in [2.45, 2.75) is 13.1 Å². The van der Waals surface area contributed by atoms with Crippen LogP contribution in [-0.4, -0.2) is 0 Å². The van der Waals surface area contributed by atoms with Gasteiger partial charge in [-0.25, -0.2) is 0 Å². The first-order chi connectivity index (χ1) is 16.9. The summed E-state index contributed by atoms with van der Waals surface area (Å²) < 4.78 is 4.68. The van der Waals surface area contributed by atoms with E-state index in [1.165, 1.54) is 44.1 Å². The Morgan fingerprint density at radius 1 is 0.382 bits per heavy atom. The quantitative estimate of drug-likeness (QED) is 0.278. The molecule has 4 aromatic carbocycles. The lowest BCUT2D eigenvalue weighted by Gasteiger charge is -2.10. The fraction of sp³-hybridized carbons (Fsp3) is 0.0625. The summed E-state index contributed by atoms with van der Waals surface area (Å²) in [4.78, 5) is 0. The van der Waals surface area contributed by atoms with Gasteiger partial charge in [-0.05, 0) is 23.3 Å². The molecule has 0 amide bonds. The van der Waals surface area contributed by atoms with Crippen LogP contribution in [0.15, 0.2) is 134 Å². The fourth-order valence-corrected chi connectivity index (χ4v) is 4.91. The number of nitrogens with zero attached hydrogens (tertiary/aromatic N) is 2. The van der Waals surface area contributed by atoms with Gasteiger partial charge in [0.15, 0.2) is 25.5 Å². The highest BCUT2D eigenvalue weighted by molar-refractivity contribution is 6.02. The van der Waals surface area contributed by atoms with Gasteiger partial charge in [0, 0.05) is 35.4 Å². The summed E-state index contributed by atoms with van der Waals surface area (Å²) in [5.74, 6) is 0. The zero-order valence-electron chi connectivity index (χ0n) is 19.0. The largest absolute Gasteiger partial charge is 0.213 e. The van der Waals surface area contributed by atoms with Crippen molar-refractivity contribution in [2.24, 2.45) is 0 Å². The predicted octanol–water partition coefficient (Wildman–Crippen LogP) is 6.33. The van der Waals surface area contributed by atoms with Crippen molar-refractivity contribution in [1.82, 2.24) is 0 Å². The standard InChI is InChI=1S/C32H26N2/c1-3-11-25(12-4-1)23-33-21-9-17-29-27(15-7-19-31(29)33)28-16-8-20-32-30(28)18-10-22-34(32)24-26-13-5-2-6-14-26/h1-22H,23-24H2/q+2. The van der Waals surface area contributed by atoms with E-state index >= 15 is 0 Å². The smallest absolute Gasteiger partial charge is 0.194 e. The molecule has 6 rings (SSSR count). The van der Waals surface area contributed by atoms with E-state index in [4.69, 9.17) is 0 Å². The first kappa shape index (κ1) is 20.3. The highest BCUT2D eigenvalue weighted by Gasteiger charge is 2.17. The summed E-state index contributed by atoms with van der Waals surface area (Å²) >= 11 is 0. The van der Waals surface area contributed by atoms with Gasteiger partial charge in [-0.2, -0.15) is 9.13 Å². The van der Waals surface area contributed by atoms with Gasteiger partial charge in [-0.15, -0.1) is 0 Å². The Labute approximate surface area is 200 Å². The predicted molar refractivity (Wildman–Crippen MR) is 138 cm³/mol. The maximum Gasteiger partial charge on any atom is 0.213 e. The molecular formula is C32H26N2+2. The summed E-state index contributed by atoms with van der Waals surface area (Å²) in [5, 5.41) is 2.54. The van der Waals surface area contributed by atoms with Crippen molar-refractivity contribution < 1.29 is 9.13 Å². The lowest BCUT2D eigenvalue weighted by Crippen LogP contribution is -2.34. The molecule has 0 saturated carbocycles. The Balaban J connectivity index is 1.48. The molecule has 0 saturated heterocycles. The number of hydrogen-bond acceptors (Lipinski definition) is 0. The van der Waals surface area contributed by atoms with E-state index in [1.54, 1.807) is 0 Å². The molecule has 0 spiro atoms. The Morgan fingerprint density at radius 3 is 1.26 bits per heavy atom. The molecule has 2 nitrogen and oxygen atoms in total. The SMILES string of the molecule is c1ccc(C[n+]2cccc3c(-c4cccc5c4ccc[n+]5Cc4ccccc4)cccc32)cc1. The maximum atomic E-state index is 2.34. The van der Waals surface area contributed by atoms with Crippen molar-refractivity contribution in [2.75, 3.05) is 0 Å². The summed E-state index contributed by atoms with van der Waals surface area (Å²) in [6.07, 6.45) is 4.35. The Morgan fingerprint density at radius 2 is 0.824 bits per heavy atom. The molecule has 0 aliphatic carbocycles. The molecule has 34 heavy (non-hydrogen) atoms. The molecule has 0 fully saturated rings. The monoisotopic (exact) mass is 438 g/mol. The summed E-state index contributed by atoms with van der Waals surface area (Å²) in [6, 6.07) is 43.4. The second-order valence-electron chi connectivity index (χ2n) is 8.72. The molecule has 0 N–H and O–H groups in total. The van der Waals surface area contributed by atoms with Gasteiger partial charge in [0.2, 0.25) is 11.0 Å². The molecule has 2 heterocycles. The van der Waals surface area contributed by atoms with Gasteiger partial charge in [0.1, 0.15) is 0 Å². The molecule has 0 bridgehead atoms. The number of rotatable bonds is 5. The average Bonchev–Trinajstić information content (AvgIpc) is 2.90. The molecule has 0 aliphatic rings. The van der Waals surface area contributed by atoms with E-state index in [9.17, 15) is 0 Å². The van der Waals surface area contributed by atoms with Crippen molar-refractivity contribution in [1.29, 1.82) is 0 Å². The topological polar surface area (TPSA) is 7.76 Å². The third-order valence-electron chi connectivity index (χ3n) is 6.52. The second kappa shape index (κ2) is 8.92. The van der Waals surface area contributed by atoms with Crippen molar-refractivity contribution in [3.05, 3.63) is 145 Å². The maximum absolute atomic E-state index is 2.34. The third-order valence-corrected chi connectivity index (χ3v) is 6.52. The minimum atomic E-state index is 0.855. The first-order valence-corrected chi connectivity index (χ1v) is 11.8. The Kier molecular flexibility index (Phi) is 5.33.